The Balaban J connectivity index is 2.79. The minimum absolute atomic E-state index is 0.244. The smallest absolute Gasteiger partial charge is 0.259 e. The second-order valence-corrected chi connectivity index (χ2v) is 5.99. The zero-order chi connectivity index (χ0) is 16.7. The standard InChI is InChI=1S/C16H20N2O4/c1-16(2,3)18-10(8-17)9-7-11(20-4)13(21-5)14(22-6)12(9)15(18)19/h7,10H,1-6H3. The third kappa shape index (κ3) is 2.13. The summed E-state index contributed by atoms with van der Waals surface area (Å²) in [6.45, 7) is 5.67. The Morgan fingerprint density at radius 1 is 1.14 bits per heavy atom. The average Bonchev–Trinajstić information content (AvgIpc) is 2.77. The highest BCUT2D eigenvalue weighted by molar-refractivity contribution is 6.04. The lowest BCUT2D eigenvalue weighted by molar-refractivity contribution is 0.0565. The van der Waals surface area contributed by atoms with Crippen LogP contribution in [0.5, 0.6) is 17.2 Å². The Morgan fingerprint density at radius 3 is 2.14 bits per heavy atom. The van der Waals surface area contributed by atoms with E-state index in [1.165, 1.54) is 21.3 Å². The molecule has 0 saturated heterocycles. The van der Waals surface area contributed by atoms with E-state index in [9.17, 15) is 10.1 Å². The van der Waals surface area contributed by atoms with Crippen molar-refractivity contribution in [1.82, 2.24) is 4.90 Å². The number of hydrogen-bond donors (Lipinski definition) is 0. The molecule has 0 fully saturated rings. The van der Waals surface area contributed by atoms with Crippen LogP contribution in [-0.4, -0.2) is 37.7 Å². The van der Waals surface area contributed by atoms with E-state index < -0.39 is 11.6 Å². The van der Waals surface area contributed by atoms with Gasteiger partial charge in [0, 0.05) is 11.1 Å². The van der Waals surface area contributed by atoms with Gasteiger partial charge in [-0.25, -0.2) is 0 Å². The van der Waals surface area contributed by atoms with Crippen molar-refractivity contribution in [2.45, 2.75) is 32.4 Å². The van der Waals surface area contributed by atoms with Crippen molar-refractivity contribution in [3.8, 4) is 23.3 Å². The molecule has 1 unspecified atom stereocenters. The van der Waals surface area contributed by atoms with Gasteiger partial charge in [0.1, 0.15) is 6.04 Å². The molecule has 2 rings (SSSR count). The zero-order valence-electron chi connectivity index (χ0n) is 13.7. The average molecular weight is 304 g/mol. The van der Waals surface area contributed by atoms with E-state index in [4.69, 9.17) is 14.2 Å². The first kappa shape index (κ1) is 16.0. The van der Waals surface area contributed by atoms with Crippen LogP contribution in [0.4, 0.5) is 0 Å². The molecule has 0 spiro atoms. The van der Waals surface area contributed by atoms with Crippen molar-refractivity contribution in [2.75, 3.05) is 21.3 Å². The summed E-state index contributed by atoms with van der Waals surface area (Å²) in [4.78, 5) is 14.4. The third-order valence-electron chi connectivity index (χ3n) is 3.69. The van der Waals surface area contributed by atoms with E-state index >= 15 is 0 Å². The molecule has 0 aliphatic carbocycles. The SMILES string of the molecule is COc1cc2c(c(OC)c1OC)C(=O)N(C(C)(C)C)C2C#N. The van der Waals surface area contributed by atoms with Gasteiger partial charge in [0.05, 0.1) is 33.0 Å². The predicted molar refractivity (Wildman–Crippen MR) is 80.4 cm³/mol. The van der Waals surface area contributed by atoms with Crippen molar-refractivity contribution in [1.29, 1.82) is 5.26 Å². The molecule has 0 bridgehead atoms. The fourth-order valence-electron chi connectivity index (χ4n) is 2.81. The fraction of sp³-hybridized carbons (Fsp3) is 0.500. The van der Waals surface area contributed by atoms with Gasteiger partial charge < -0.3 is 19.1 Å². The molecule has 1 heterocycles. The molecule has 1 aliphatic rings. The molecule has 0 N–H and O–H groups in total. The fourth-order valence-corrected chi connectivity index (χ4v) is 2.81. The molecule has 1 aliphatic heterocycles. The van der Waals surface area contributed by atoms with Crippen LogP contribution in [0.25, 0.3) is 0 Å². The minimum Gasteiger partial charge on any atom is -0.493 e. The van der Waals surface area contributed by atoms with E-state index in [2.05, 4.69) is 6.07 Å². The normalized spacial score (nSPS) is 17.0. The van der Waals surface area contributed by atoms with Gasteiger partial charge in [-0.1, -0.05) is 0 Å². The second kappa shape index (κ2) is 5.41. The number of rotatable bonds is 3. The topological polar surface area (TPSA) is 71.8 Å². The quantitative estimate of drug-likeness (QED) is 0.858. The molecule has 1 aromatic rings. The molecule has 1 atom stereocenters. The lowest BCUT2D eigenvalue weighted by Gasteiger charge is -2.34. The number of amides is 1. The molecule has 0 radical (unpaired) electrons. The van der Waals surface area contributed by atoms with Gasteiger partial charge in [-0.2, -0.15) is 5.26 Å². The first-order valence-corrected chi connectivity index (χ1v) is 6.87. The number of hydrogen-bond acceptors (Lipinski definition) is 5. The van der Waals surface area contributed by atoms with Crippen LogP contribution < -0.4 is 14.2 Å². The van der Waals surface area contributed by atoms with E-state index in [1.807, 2.05) is 20.8 Å². The molecule has 22 heavy (non-hydrogen) atoms. The van der Waals surface area contributed by atoms with Crippen molar-refractivity contribution in [3.05, 3.63) is 17.2 Å². The summed E-state index contributed by atoms with van der Waals surface area (Å²) in [6, 6.07) is 3.19. The maximum absolute atomic E-state index is 12.9. The van der Waals surface area contributed by atoms with E-state index in [0.29, 0.717) is 28.4 Å². The molecule has 0 aromatic heterocycles. The second-order valence-electron chi connectivity index (χ2n) is 5.99. The van der Waals surface area contributed by atoms with Crippen LogP contribution in [-0.2, 0) is 0 Å². The number of nitriles is 1. The minimum atomic E-state index is -0.684. The Bertz CT molecular complexity index is 656. The van der Waals surface area contributed by atoms with Crippen LogP contribution in [0.3, 0.4) is 0 Å². The monoisotopic (exact) mass is 304 g/mol. The lowest BCUT2D eigenvalue weighted by atomic mass is 10.0. The summed E-state index contributed by atoms with van der Waals surface area (Å²) in [5.74, 6) is 0.840. The maximum Gasteiger partial charge on any atom is 0.259 e. The third-order valence-corrected chi connectivity index (χ3v) is 3.69. The number of carbonyl (C=O) groups excluding carboxylic acids is 1. The van der Waals surface area contributed by atoms with Crippen molar-refractivity contribution < 1.29 is 19.0 Å². The Hall–Kier alpha value is -2.42. The van der Waals surface area contributed by atoms with Crippen LogP contribution in [0.2, 0.25) is 0 Å². The number of carbonyl (C=O) groups is 1. The van der Waals surface area contributed by atoms with Crippen LogP contribution in [0, 0.1) is 11.3 Å². The lowest BCUT2D eigenvalue weighted by Crippen LogP contribution is -2.43. The first-order valence-electron chi connectivity index (χ1n) is 6.87. The summed E-state index contributed by atoms with van der Waals surface area (Å²) in [6.07, 6.45) is 0. The molecule has 6 heteroatoms. The van der Waals surface area contributed by atoms with Gasteiger partial charge >= 0.3 is 0 Å². The first-order chi connectivity index (χ1) is 10.3. The number of ether oxygens (including phenoxy) is 3. The summed E-state index contributed by atoms with van der Waals surface area (Å²) >= 11 is 0. The van der Waals surface area contributed by atoms with Gasteiger partial charge in [-0.05, 0) is 26.8 Å². The summed E-state index contributed by atoms with van der Waals surface area (Å²) in [7, 11) is 4.45. The highest BCUT2D eigenvalue weighted by atomic mass is 16.5. The molecule has 118 valence electrons. The molecular formula is C16H20N2O4. The van der Waals surface area contributed by atoms with Gasteiger partial charge in [0.25, 0.3) is 5.91 Å². The van der Waals surface area contributed by atoms with Gasteiger partial charge in [0.15, 0.2) is 11.5 Å². The Morgan fingerprint density at radius 2 is 1.73 bits per heavy atom. The molecule has 1 amide bonds. The van der Waals surface area contributed by atoms with E-state index in [0.717, 1.165) is 0 Å². The molecule has 1 aromatic carbocycles. The van der Waals surface area contributed by atoms with Crippen molar-refractivity contribution >= 4 is 5.91 Å². The van der Waals surface area contributed by atoms with E-state index in [-0.39, 0.29) is 5.91 Å². The predicted octanol–water partition coefficient (Wildman–Crippen LogP) is 2.53. The van der Waals surface area contributed by atoms with Crippen LogP contribution in [0.1, 0.15) is 42.7 Å². The largest absolute Gasteiger partial charge is 0.493 e. The highest BCUT2D eigenvalue weighted by Crippen LogP contribution is 2.49. The Kier molecular flexibility index (Phi) is 3.92. The van der Waals surface area contributed by atoms with Gasteiger partial charge in [-0.3, -0.25) is 4.79 Å². The molecule has 0 saturated carbocycles. The van der Waals surface area contributed by atoms with Gasteiger partial charge in [0.2, 0.25) is 5.75 Å². The summed E-state index contributed by atoms with van der Waals surface area (Å²) in [5, 5.41) is 9.56. The van der Waals surface area contributed by atoms with Crippen LogP contribution >= 0.6 is 0 Å². The van der Waals surface area contributed by atoms with Crippen molar-refractivity contribution in [3.63, 3.8) is 0 Å². The maximum atomic E-state index is 12.9. The summed E-state index contributed by atoms with van der Waals surface area (Å²) in [5.41, 5.74) is 0.445. The Labute approximate surface area is 130 Å². The van der Waals surface area contributed by atoms with Crippen molar-refractivity contribution in [2.24, 2.45) is 0 Å². The number of fused-ring (bicyclic) bond motifs is 1. The highest BCUT2D eigenvalue weighted by Gasteiger charge is 2.46. The summed E-state index contributed by atoms with van der Waals surface area (Å²) < 4.78 is 16.0. The zero-order valence-corrected chi connectivity index (χ0v) is 13.7. The number of nitrogens with zero attached hydrogens (tertiary/aromatic N) is 2. The van der Waals surface area contributed by atoms with Gasteiger partial charge in [-0.15, -0.1) is 0 Å². The van der Waals surface area contributed by atoms with E-state index in [1.54, 1.807) is 11.0 Å². The molecular weight excluding hydrogens is 284 g/mol. The number of benzene rings is 1. The number of methoxy groups -OCH3 is 3. The molecule has 6 nitrogen and oxygen atoms in total. The van der Waals surface area contributed by atoms with Crippen LogP contribution in [0.15, 0.2) is 6.07 Å².